The van der Waals surface area contributed by atoms with Gasteiger partial charge in [-0.1, -0.05) is 17.7 Å². The van der Waals surface area contributed by atoms with E-state index < -0.39 is 15.9 Å². The Morgan fingerprint density at radius 3 is 2.59 bits per heavy atom. The van der Waals surface area contributed by atoms with Crippen molar-refractivity contribution in [3.8, 4) is 5.75 Å². The van der Waals surface area contributed by atoms with Crippen molar-refractivity contribution in [2.75, 3.05) is 25.6 Å². The maximum absolute atomic E-state index is 12.6. The number of hydrogen-bond donors (Lipinski definition) is 2. The predicted molar refractivity (Wildman–Crippen MR) is 113 cm³/mol. The van der Waals surface area contributed by atoms with Crippen LogP contribution in [0.1, 0.15) is 30.6 Å². The van der Waals surface area contributed by atoms with Crippen molar-refractivity contribution in [2.24, 2.45) is 0 Å². The molecule has 2 rings (SSSR count). The van der Waals surface area contributed by atoms with Gasteiger partial charge in [0.1, 0.15) is 5.75 Å². The Morgan fingerprint density at radius 1 is 1.17 bits per heavy atom. The highest BCUT2D eigenvalue weighted by atomic mass is 35.5. The van der Waals surface area contributed by atoms with Gasteiger partial charge in [-0.05, 0) is 56.7 Å². The van der Waals surface area contributed by atoms with Gasteiger partial charge in [0, 0.05) is 23.7 Å². The second kappa shape index (κ2) is 10.6. The summed E-state index contributed by atoms with van der Waals surface area (Å²) in [6.07, 6.45) is 0.644. The minimum absolute atomic E-state index is 0.0180. The molecule has 0 spiro atoms. The van der Waals surface area contributed by atoms with Crippen LogP contribution in [-0.2, 0) is 14.8 Å². The summed E-state index contributed by atoms with van der Waals surface area (Å²) in [7, 11) is -2.31. The summed E-state index contributed by atoms with van der Waals surface area (Å²) in [6, 6.07) is 10.7. The number of hydrogen-bond acceptors (Lipinski definition) is 5. The monoisotopic (exact) mass is 440 g/mol. The number of ether oxygens (including phenoxy) is 2. The highest BCUT2D eigenvalue weighted by molar-refractivity contribution is 7.89. The topological polar surface area (TPSA) is 93.7 Å². The van der Waals surface area contributed by atoms with Crippen LogP contribution in [0.4, 0.5) is 5.69 Å². The summed E-state index contributed by atoms with van der Waals surface area (Å²) in [6.45, 7) is 4.54. The molecule has 0 aromatic heterocycles. The second-order valence-corrected chi connectivity index (χ2v) is 8.70. The second-order valence-electron chi connectivity index (χ2n) is 6.50. The zero-order chi connectivity index (χ0) is 21.4. The van der Waals surface area contributed by atoms with E-state index in [4.69, 9.17) is 21.1 Å². The molecule has 2 aromatic rings. The number of halogens is 1. The number of methoxy groups -OCH3 is 1. The number of benzene rings is 2. The average Bonchev–Trinajstić information content (AvgIpc) is 2.67. The number of amides is 1. The lowest BCUT2D eigenvalue weighted by atomic mass is 10.2. The molecule has 29 heavy (non-hydrogen) atoms. The van der Waals surface area contributed by atoms with Crippen LogP contribution >= 0.6 is 11.6 Å². The van der Waals surface area contributed by atoms with E-state index in [1.54, 1.807) is 18.2 Å². The van der Waals surface area contributed by atoms with Crippen molar-refractivity contribution in [1.82, 2.24) is 4.72 Å². The van der Waals surface area contributed by atoms with Gasteiger partial charge in [0.15, 0.2) is 0 Å². The normalized spacial score (nSPS) is 11.5. The van der Waals surface area contributed by atoms with Crippen molar-refractivity contribution in [1.29, 1.82) is 0 Å². The molecule has 0 saturated carbocycles. The zero-order valence-corrected chi connectivity index (χ0v) is 18.1. The fourth-order valence-corrected chi connectivity index (χ4v) is 3.75. The third-order valence-corrected chi connectivity index (χ3v) is 5.57. The van der Waals surface area contributed by atoms with Gasteiger partial charge in [0.05, 0.1) is 23.8 Å². The first kappa shape index (κ1) is 23.2. The van der Waals surface area contributed by atoms with Gasteiger partial charge in [0.2, 0.25) is 10.0 Å². The van der Waals surface area contributed by atoms with Crippen molar-refractivity contribution < 1.29 is 22.7 Å². The number of sulfonamides is 1. The Hall–Kier alpha value is -2.13. The summed E-state index contributed by atoms with van der Waals surface area (Å²) < 4.78 is 38.3. The third-order valence-electron chi connectivity index (χ3n) is 3.88. The predicted octanol–water partition coefficient (Wildman–Crippen LogP) is 3.69. The minimum atomic E-state index is -3.75. The summed E-state index contributed by atoms with van der Waals surface area (Å²) in [5.74, 6) is -0.0937. The van der Waals surface area contributed by atoms with Gasteiger partial charge in [0.25, 0.3) is 5.91 Å². The van der Waals surface area contributed by atoms with Gasteiger partial charge < -0.3 is 14.8 Å². The van der Waals surface area contributed by atoms with Gasteiger partial charge in [-0.25, -0.2) is 13.1 Å². The van der Waals surface area contributed by atoms with Crippen molar-refractivity contribution in [2.45, 2.75) is 31.3 Å². The van der Waals surface area contributed by atoms with E-state index >= 15 is 0 Å². The van der Waals surface area contributed by atoms with Gasteiger partial charge in [-0.3, -0.25) is 4.79 Å². The average molecular weight is 441 g/mol. The number of carbonyl (C=O) groups excluding carboxylic acids is 1. The summed E-state index contributed by atoms with van der Waals surface area (Å²) >= 11 is 5.92. The Balaban J connectivity index is 2.13. The van der Waals surface area contributed by atoms with E-state index in [0.717, 1.165) is 0 Å². The SMILES string of the molecule is COc1ccc(S(=O)(=O)NCCCOC(C)C)cc1NC(=O)c1cccc(Cl)c1. The van der Waals surface area contributed by atoms with Crippen LogP contribution in [0, 0.1) is 0 Å². The van der Waals surface area contributed by atoms with Crippen molar-refractivity contribution >= 4 is 33.2 Å². The van der Waals surface area contributed by atoms with Crippen LogP contribution < -0.4 is 14.8 Å². The maximum Gasteiger partial charge on any atom is 0.255 e. The molecule has 0 aliphatic rings. The van der Waals surface area contributed by atoms with E-state index in [1.807, 2.05) is 13.8 Å². The molecule has 0 heterocycles. The minimum Gasteiger partial charge on any atom is -0.495 e. The number of carbonyl (C=O) groups is 1. The van der Waals surface area contributed by atoms with E-state index in [0.29, 0.717) is 29.4 Å². The number of nitrogens with one attached hydrogen (secondary N) is 2. The Morgan fingerprint density at radius 2 is 1.93 bits per heavy atom. The number of anilines is 1. The van der Waals surface area contributed by atoms with E-state index in [1.165, 1.54) is 31.4 Å². The lowest BCUT2D eigenvalue weighted by Crippen LogP contribution is -2.26. The Bertz CT molecular complexity index is 948. The summed E-state index contributed by atoms with van der Waals surface area (Å²) in [4.78, 5) is 12.5. The lowest BCUT2D eigenvalue weighted by Gasteiger charge is -2.13. The molecule has 0 radical (unpaired) electrons. The van der Waals surface area contributed by atoms with Crippen LogP contribution in [0.3, 0.4) is 0 Å². The molecule has 0 bridgehead atoms. The van der Waals surface area contributed by atoms with Crippen molar-refractivity contribution in [3.05, 3.63) is 53.1 Å². The van der Waals surface area contributed by atoms with Crippen LogP contribution in [0.25, 0.3) is 0 Å². The van der Waals surface area contributed by atoms with Gasteiger partial charge in [-0.2, -0.15) is 0 Å². The molecule has 158 valence electrons. The Kier molecular flexibility index (Phi) is 8.45. The molecular weight excluding hydrogens is 416 g/mol. The first-order chi connectivity index (χ1) is 13.7. The van der Waals surface area contributed by atoms with Crippen molar-refractivity contribution in [3.63, 3.8) is 0 Å². The highest BCUT2D eigenvalue weighted by Crippen LogP contribution is 2.28. The fourth-order valence-electron chi connectivity index (χ4n) is 2.46. The van der Waals surface area contributed by atoms with E-state index in [2.05, 4.69) is 10.0 Å². The molecule has 2 N–H and O–H groups in total. The van der Waals surface area contributed by atoms with E-state index in [-0.39, 0.29) is 23.2 Å². The molecule has 7 nitrogen and oxygen atoms in total. The first-order valence-corrected chi connectivity index (χ1v) is 11.0. The first-order valence-electron chi connectivity index (χ1n) is 9.09. The van der Waals surface area contributed by atoms with Crippen LogP contribution in [0.15, 0.2) is 47.4 Å². The molecule has 0 fully saturated rings. The van der Waals surface area contributed by atoms with Gasteiger partial charge >= 0.3 is 0 Å². The quantitative estimate of drug-likeness (QED) is 0.549. The molecule has 0 saturated heterocycles. The molecule has 0 unspecified atom stereocenters. The van der Waals surface area contributed by atoms with Crippen LogP contribution in [0.2, 0.25) is 5.02 Å². The van der Waals surface area contributed by atoms with Gasteiger partial charge in [-0.15, -0.1) is 0 Å². The fraction of sp³-hybridized carbons (Fsp3) is 0.350. The summed E-state index contributed by atoms with van der Waals surface area (Å²) in [5.41, 5.74) is 0.583. The highest BCUT2D eigenvalue weighted by Gasteiger charge is 2.18. The lowest BCUT2D eigenvalue weighted by molar-refractivity contribution is 0.0778. The largest absolute Gasteiger partial charge is 0.495 e. The van der Waals surface area contributed by atoms with Crippen LogP contribution in [-0.4, -0.2) is 40.7 Å². The molecule has 0 aliphatic carbocycles. The number of rotatable bonds is 10. The molecule has 1 amide bonds. The smallest absolute Gasteiger partial charge is 0.255 e. The molecule has 0 aliphatic heterocycles. The maximum atomic E-state index is 12.6. The van der Waals surface area contributed by atoms with E-state index in [9.17, 15) is 13.2 Å². The molecule has 2 aromatic carbocycles. The Labute approximate surface area is 176 Å². The summed E-state index contributed by atoms with van der Waals surface area (Å²) in [5, 5.41) is 3.09. The molecular formula is C20H25ClN2O5S. The van der Waals surface area contributed by atoms with Crippen LogP contribution in [0.5, 0.6) is 5.75 Å². The zero-order valence-electron chi connectivity index (χ0n) is 16.6. The molecule has 0 atom stereocenters. The molecule has 9 heteroatoms. The standard InChI is InChI=1S/C20H25ClN2O5S/c1-14(2)28-11-5-10-22-29(25,26)17-8-9-19(27-3)18(13-17)23-20(24)15-6-4-7-16(21)12-15/h4,6-9,12-14,22H,5,10-11H2,1-3H3,(H,23,24). The third kappa shape index (κ3) is 7.01.